The summed E-state index contributed by atoms with van der Waals surface area (Å²) < 4.78 is 5.79. The minimum absolute atomic E-state index is 0.230. The Morgan fingerprint density at radius 2 is 1.65 bits per heavy atom. The van der Waals surface area contributed by atoms with Crippen LogP contribution in [-0.2, 0) is 6.42 Å². The van der Waals surface area contributed by atoms with Crippen molar-refractivity contribution in [3.05, 3.63) is 53.6 Å². The molecule has 1 fully saturated rings. The molecule has 0 aromatic heterocycles. The Kier molecular flexibility index (Phi) is 2.78. The number of rotatable bonds is 3. The van der Waals surface area contributed by atoms with Crippen molar-refractivity contribution in [3.8, 4) is 16.9 Å². The number of ether oxygens (including phenoxy) is 1. The molecular formula is C18H19NO. The normalized spacial score (nSPS) is 20.8. The summed E-state index contributed by atoms with van der Waals surface area (Å²) >= 11 is 0. The Hall–Kier alpha value is -1.80. The van der Waals surface area contributed by atoms with Crippen LogP contribution in [0.15, 0.2) is 42.5 Å². The number of benzene rings is 2. The van der Waals surface area contributed by atoms with Gasteiger partial charge in [0.1, 0.15) is 5.75 Å². The van der Waals surface area contributed by atoms with Crippen molar-refractivity contribution >= 4 is 0 Å². The van der Waals surface area contributed by atoms with E-state index >= 15 is 0 Å². The zero-order valence-electron chi connectivity index (χ0n) is 11.5. The highest BCUT2D eigenvalue weighted by molar-refractivity contribution is 5.66. The maximum absolute atomic E-state index is 6.09. The largest absolute Gasteiger partial charge is 0.490 e. The van der Waals surface area contributed by atoms with Gasteiger partial charge in [-0.05, 0) is 60.1 Å². The molecule has 102 valence electrons. The minimum Gasteiger partial charge on any atom is -0.490 e. The van der Waals surface area contributed by atoms with Crippen LogP contribution in [0.5, 0.6) is 5.75 Å². The monoisotopic (exact) mass is 265 g/mol. The number of aryl methyl sites for hydroxylation is 1. The van der Waals surface area contributed by atoms with Gasteiger partial charge in [0.05, 0.1) is 6.10 Å². The highest BCUT2D eigenvalue weighted by Crippen LogP contribution is 2.33. The second kappa shape index (κ2) is 4.64. The van der Waals surface area contributed by atoms with Gasteiger partial charge in [0, 0.05) is 6.04 Å². The van der Waals surface area contributed by atoms with Gasteiger partial charge in [-0.15, -0.1) is 0 Å². The molecule has 1 unspecified atom stereocenters. The van der Waals surface area contributed by atoms with E-state index in [2.05, 4.69) is 42.5 Å². The van der Waals surface area contributed by atoms with Crippen LogP contribution in [0.1, 0.15) is 36.4 Å². The first kappa shape index (κ1) is 12.0. The molecule has 2 aromatic rings. The lowest BCUT2D eigenvalue weighted by Crippen LogP contribution is -2.04. The smallest absolute Gasteiger partial charge is 0.119 e. The molecule has 0 saturated heterocycles. The quantitative estimate of drug-likeness (QED) is 0.915. The second-order valence-corrected chi connectivity index (χ2v) is 5.90. The fraction of sp³-hybridized carbons (Fsp3) is 0.333. The van der Waals surface area contributed by atoms with Gasteiger partial charge in [-0.1, -0.05) is 30.3 Å². The van der Waals surface area contributed by atoms with E-state index < -0.39 is 0 Å². The molecule has 2 aliphatic rings. The standard InChI is InChI=1S/C18H19NO/c19-18-10-4-14-11-13(3-9-17(14)18)12-1-5-15(6-2-12)20-16-7-8-16/h1-3,5-6,9,11,16,18H,4,7-8,10,19H2. The topological polar surface area (TPSA) is 35.2 Å². The van der Waals surface area contributed by atoms with Gasteiger partial charge >= 0.3 is 0 Å². The molecule has 2 nitrogen and oxygen atoms in total. The summed E-state index contributed by atoms with van der Waals surface area (Å²) in [5, 5.41) is 0. The Balaban J connectivity index is 1.60. The first-order valence-electron chi connectivity index (χ1n) is 7.45. The van der Waals surface area contributed by atoms with Crippen molar-refractivity contribution in [2.45, 2.75) is 37.8 Å². The highest BCUT2D eigenvalue weighted by Gasteiger charge is 2.23. The van der Waals surface area contributed by atoms with E-state index in [9.17, 15) is 0 Å². The molecule has 1 atom stereocenters. The Morgan fingerprint density at radius 3 is 2.40 bits per heavy atom. The van der Waals surface area contributed by atoms with Crippen LogP contribution >= 0.6 is 0 Å². The predicted octanol–water partition coefficient (Wildman–Crippen LogP) is 3.84. The molecule has 0 radical (unpaired) electrons. The summed E-state index contributed by atoms with van der Waals surface area (Å²) in [5.41, 5.74) is 11.3. The molecule has 1 saturated carbocycles. The van der Waals surface area contributed by atoms with Crippen molar-refractivity contribution in [2.75, 3.05) is 0 Å². The molecule has 2 N–H and O–H groups in total. The molecule has 20 heavy (non-hydrogen) atoms. The van der Waals surface area contributed by atoms with Crippen molar-refractivity contribution in [2.24, 2.45) is 5.73 Å². The van der Waals surface area contributed by atoms with Crippen LogP contribution in [0, 0.1) is 0 Å². The fourth-order valence-corrected chi connectivity index (χ4v) is 2.93. The summed E-state index contributed by atoms with van der Waals surface area (Å²) in [6.07, 6.45) is 5.04. The molecule has 0 bridgehead atoms. The van der Waals surface area contributed by atoms with Gasteiger partial charge in [-0.3, -0.25) is 0 Å². The Bertz CT molecular complexity index is 628. The van der Waals surface area contributed by atoms with E-state index in [-0.39, 0.29) is 6.04 Å². The third-order valence-electron chi connectivity index (χ3n) is 4.28. The highest BCUT2D eigenvalue weighted by atomic mass is 16.5. The van der Waals surface area contributed by atoms with Gasteiger partial charge in [-0.25, -0.2) is 0 Å². The summed E-state index contributed by atoms with van der Waals surface area (Å²) in [6, 6.07) is 15.3. The van der Waals surface area contributed by atoms with Crippen LogP contribution in [0.3, 0.4) is 0 Å². The number of hydrogen-bond acceptors (Lipinski definition) is 2. The van der Waals surface area contributed by atoms with E-state index in [0.717, 1.165) is 18.6 Å². The Morgan fingerprint density at radius 1 is 0.900 bits per heavy atom. The van der Waals surface area contributed by atoms with Gasteiger partial charge < -0.3 is 10.5 Å². The average Bonchev–Trinajstić information content (AvgIpc) is 3.22. The lowest BCUT2D eigenvalue weighted by atomic mass is 10.00. The van der Waals surface area contributed by atoms with Crippen LogP contribution in [0.2, 0.25) is 0 Å². The van der Waals surface area contributed by atoms with Crippen molar-refractivity contribution in [1.29, 1.82) is 0 Å². The van der Waals surface area contributed by atoms with E-state index in [0.29, 0.717) is 6.10 Å². The summed E-state index contributed by atoms with van der Waals surface area (Å²) in [4.78, 5) is 0. The molecule has 2 heteroatoms. The Labute approximate surface area is 119 Å². The lowest BCUT2D eigenvalue weighted by Gasteiger charge is -2.09. The van der Waals surface area contributed by atoms with E-state index in [1.165, 1.54) is 35.1 Å². The lowest BCUT2D eigenvalue weighted by molar-refractivity contribution is 0.303. The van der Waals surface area contributed by atoms with E-state index in [4.69, 9.17) is 10.5 Å². The molecule has 2 aromatic carbocycles. The molecule has 0 amide bonds. The van der Waals surface area contributed by atoms with Crippen LogP contribution in [0.25, 0.3) is 11.1 Å². The predicted molar refractivity (Wildman–Crippen MR) is 80.8 cm³/mol. The van der Waals surface area contributed by atoms with Gasteiger partial charge in [0.2, 0.25) is 0 Å². The van der Waals surface area contributed by atoms with Crippen LogP contribution < -0.4 is 10.5 Å². The fourth-order valence-electron chi connectivity index (χ4n) is 2.93. The third-order valence-corrected chi connectivity index (χ3v) is 4.28. The zero-order valence-corrected chi connectivity index (χ0v) is 11.5. The SMILES string of the molecule is NC1CCc2cc(-c3ccc(OC4CC4)cc3)ccc21. The van der Waals surface area contributed by atoms with Gasteiger partial charge in [0.25, 0.3) is 0 Å². The number of fused-ring (bicyclic) bond motifs is 1. The second-order valence-electron chi connectivity index (χ2n) is 5.90. The van der Waals surface area contributed by atoms with Gasteiger partial charge in [0.15, 0.2) is 0 Å². The zero-order chi connectivity index (χ0) is 13.5. The third kappa shape index (κ3) is 2.20. The average molecular weight is 265 g/mol. The summed E-state index contributed by atoms with van der Waals surface area (Å²) in [6.45, 7) is 0. The van der Waals surface area contributed by atoms with Crippen LogP contribution in [0.4, 0.5) is 0 Å². The molecule has 2 aliphatic carbocycles. The van der Waals surface area contributed by atoms with Crippen molar-refractivity contribution in [3.63, 3.8) is 0 Å². The molecule has 0 spiro atoms. The molecule has 4 rings (SSSR count). The minimum atomic E-state index is 0.230. The van der Waals surface area contributed by atoms with E-state index in [1.54, 1.807) is 0 Å². The first-order valence-corrected chi connectivity index (χ1v) is 7.45. The summed E-state index contributed by atoms with van der Waals surface area (Å²) in [7, 11) is 0. The van der Waals surface area contributed by atoms with Crippen LogP contribution in [-0.4, -0.2) is 6.10 Å². The summed E-state index contributed by atoms with van der Waals surface area (Å²) in [5.74, 6) is 0.986. The van der Waals surface area contributed by atoms with E-state index in [1.807, 2.05) is 0 Å². The molecule has 0 aliphatic heterocycles. The molecular weight excluding hydrogens is 246 g/mol. The van der Waals surface area contributed by atoms with Gasteiger partial charge in [-0.2, -0.15) is 0 Å². The number of nitrogens with two attached hydrogens (primary N) is 1. The number of hydrogen-bond donors (Lipinski definition) is 1. The maximum atomic E-state index is 6.09. The maximum Gasteiger partial charge on any atom is 0.119 e. The van der Waals surface area contributed by atoms with Crippen molar-refractivity contribution in [1.82, 2.24) is 0 Å². The van der Waals surface area contributed by atoms with Crippen molar-refractivity contribution < 1.29 is 4.74 Å². The first-order chi connectivity index (χ1) is 9.79. The molecule has 0 heterocycles.